The van der Waals surface area contributed by atoms with Gasteiger partial charge in [-0.3, -0.25) is 9.59 Å². The number of benzene rings is 2. The minimum absolute atomic E-state index is 0.125. The lowest BCUT2D eigenvalue weighted by Crippen LogP contribution is -2.32. The van der Waals surface area contributed by atoms with Crippen LogP contribution in [0.5, 0.6) is 0 Å². The maximum atomic E-state index is 13.4. The summed E-state index contributed by atoms with van der Waals surface area (Å²) in [6.07, 6.45) is 0.781. The lowest BCUT2D eigenvalue weighted by Gasteiger charge is -2.25. The zero-order valence-corrected chi connectivity index (χ0v) is 18.5. The van der Waals surface area contributed by atoms with Crippen molar-refractivity contribution >= 4 is 44.4 Å². The van der Waals surface area contributed by atoms with E-state index in [1.807, 2.05) is 26.2 Å². The van der Waals surface area contributed by atoms with Gasteiger partial charge in [0, 0.05) is 16.0 Å². The standard InChI is InChI=1S/C22H20BrClN2O3/c1-25(2)9-4-10-26-19(13-5-3-6-15(24)11-13)18-20(27)16-12-14(23)7-8-17(16)29-21(18)22(26)28/h3,5-8,11-12,19H,4,9-10H2,1-2H3. The van der Waals surface area contributed by atoms with Gasteiger partial charge in [0.05, 0.1) is 17.0 Å². The van der Waals surface area contributed by atoms with Gasteiger partial charge < -0.3 is 14.2 Å². The highest BCUT2D eigenvalue weighted by atomic mass is 79.9. The molecule has 1 atom stereocenters. The van der Waals surface area contributed by atoms with Gasteiger partial charge >= 0.3 is 0 Å². The summed E-state index contributed by atoms with van der Waals surface area (Å²) in [5.41, 5.74) is 1.41. The fourth-order valence-electron chi connectivity index (χ4n) is 3.80. The van der Waals surface area contributed by atoms with Crippen LogP contribution in [0.2, 0.25) is 5.02 Å². The fraction of sp³-hybridized carbons (Fsp3) is 0.273. The molecule has 1 aliphatic heterocycles. The lowest BCUT2D eigenvalue weighted by molar-refractivity contribution is 0.0722. The first kappa shape index (κ1) is 20.1. The van der Waals surface area contributed by atoms with Gasteiger partial charge in [-0.05, 0) is 63.0 Å². The molecule has 4 rings (SSSR count). The Balaban J connectivity index is 1.89. The first-order valence-electron chi connectivity index (χ1n) is 9.34. The van der Waals surface area contributed by atoms with E-state index in [0.717, 1.165) is 23.0 Å². The highest BCUT2D eigenvalue weighted by Crippen LogP contribution is 2.39. The molecule has 0 saturated heterocycles. The highest BCUT2D eigenvalue weighted by molar-refractivity contribution is 9.10. The first-order valence-corrected chi connectivity index (χ1v) is 10.5. The maximum Gasteiger partial charge on any atom is 0.290 e. The van der Waals surface area contributed by atoms with Crippen molar-refractivity contribution in [3.05, 3.63) is 79.1 Å². The molecule has 2 heterocycles. The van der Waals surface area contributed by atoms with Crippen LogP contribution in [0.3, 0.4) is 0 Å². The number of halogens is 2. The SMILES string of the molecule is CN(C)CCCN1C(=O)c2oc3ccc(Br)cc3c(=O)c2C1c1cccc(Cl)c1. The largest absolute Gasteiger partial charge is 0.450 e. The fourth-order valence-corrected chi connectivity index (χ4v) is 4.36. The molecule has 1 unspecified atom stereocenters. The number of fused-ring (bicyclic) bond motifs is 2. The molecule has 3 aromatic rings. The summed E-state index contributed by atoms with van der Waals surface area (Å²) >= 11 is 9.63. The summed E-state index contributed by atoms with van der Waals surface area (Å²) in [4.78, 5) is 30.4. The van der Waals surface area contributed by atoms with Crippen LogP contribution in [0.4, 0.5) is 0 Å². The summed E-state index contributed by atoms with van der Waals surface area (Å²) in [6, 6.07) is 12.0. The quantitative estimate of drug-likeness (QED) is 0.536. The van der Waals surface area contributed by atoms with E-state index in [4.69, 9.17) is 16.0 Å². The zero-order valence-electron chi connectivity index (χ0n) is 16.1. The van der Waals surface area contributed by atoms with Crippen LogP contribution >= 0.6 is 27.5 Å². The Bertz CT molecular complexity index is 1160. The number of hydrogen-bond acceptors (Lipinski definition) is 4. The van der Waals surface area contributed by atoms with Gasteiger partial charge in [-0.2, -0.15) is 0 Å². The van der Waals surface area contributed by atoms with Crippen molar-refractivity contribution < 1.29 is 9.21 Å². The number of amides is 1. The second-order valence-electron chi connectivity index (χ2n) is 7.43. The minimum atomic E-state index is -0.516. The number of nitrogens with zero attached hydrogens (tertiary/aromatic N) is 2. The number of hydrogen-bond donors (Lipinski definition) is 0. The molecule has 0 N–H and O–H groups in total. The number of rotatable bonds is 5. The number of carbonyl (C=O) groups is 1. The monoisotopic (exact) mass is 474 g/mol. The van der Waals surface area contributed by atoms with Crippen LogP contribution in [0, 0.1) is 0 Å². The molecular formula is C22H20BrClN2O3. The van der Waals surface area contributed by atoms with Crippen LogP contribution in [0.1, 0.15) is 34.1 Å². The second-order valence-corrected chi connectivity index (χ2v) is 8.78. The first-order chi connectivity index (χ1) is 13.9. The molecule has 1 aliphatic rings. The predicted octanol–water partition coefficient (Wildman–Crippen LogP) is 4.71. The van der Waals surface area contributed by atoms with Gasteiger partial charge in [0.25, 0.3) is 5.91 Å². The van der Waals surface area contributed by atoms with Gasteiger partial charge in [0.2, 0.25) is 5.76 Å². The van der Waals surface area contributed by atoms with Crippen LogP contribution in [-0.2, 0) is 0 Å². The Morgan fingerprint density at radius 1 is 1.17 bits per heavy atom. The molecule has 5 nitrogen and oxygen atoms in total. The molecule has 29 heavy (non-hydrogen) atoms. The van der Waals surface area contributed by atoms with E-state index in [-0.39, 0.29) is 17.1 Å². The van der Waals surface area contributed by atoms with E-state index in [0.29, 0.717) is 28.1 Å². The molecule has 1 amide bonds. The van der Waals surface area contributed by atoms with Gasteiger partial charge in [-0.1, -0.05) is 39.7 Å². The molecule has 1 aromatic heterocycles. The Morgan fingerprint density at radius 3 is 2.69 bits per heavy atom. The molecule has 0 bridgehead atoms. The summed E-state index contributed by atoms with van der Waals surface area (Å²) in [5, 5.41) is 1.01. The summed E-state index contributed by atoms with van der Waals surface area (Å²) in [5.74, 6) is -0.134. The van der Waals surface area contributed by atoms with Crippen LogP contribution in [0.25, 0.3) is 11.0 Å². The van der Waals surface area contributed by atoms with E-state index < -0.39 is 6.04 Å². The van der Waals surface area contributed by atoms with E-state index in [1.165, 1.54) is 0 Å². The number of carbonyl (C=O) groups excluding carboxylic acids is 1. The van der Waals surface area contributed by atoms with Gasteiger partial charge in [0.15, 0.2) is 5.43 Å². The third kappa shape index (κ3) is 3.72. The van der Waals surface area contributed by atoms with E-state index in [2.05, 4.69) is 20.8 Å². The van der Waals surface area contributed by atoms with Crippen LogP contribution in [0.15, 0.2) is 56.1 Å². The Hall–Kier alpha value is -2.15. The van der Waals surface area contributed by atoms with Gasteiger partial charge in [-0.25, -0.2) is 0 Å². The Morgan fingerprint density at radius 2 is 1.97 bits per heavy atom. The van der Waals surface area contributed by atoms with Crippen molar-refractivity contribution in [1.29, 1.82) is 0 Å². The van der Waals surface area contributed by atoms with Crippen LogP contribution < -0.4 is 5.43 Å². The molecule has 0 fully saturated rings. The molecule has 0 aliphatic carbocycles. The summed E-state index contributed by atoms with van der Waals surface area (Å²) in [6.45, 7) is 1.34. The summed E-state index contributed by atoms with van der Waals surface area (Å²) < 4.78 is 6.72. The third-order valence-corrected chi connectivity index (χ3v) is 5.82. The third-order valence-electron chi connectivity index (χ3n) is 5.10. The van der Waals surface area contributed by atoms with E-state index >= 15 is 0 Å². The van der Waals surface area contributed by atoms with E-state index in [9.17, 15) is 9.59 Å². The molecular weight excluding hydrogens is 456 g/mol. The van der Waals surface area contributed by atoms with Crippen molar-refractivity contribution in [2.24, 2.45) is 0 Å². The van der Waals surface area contributed by atoms with Gasteiger partial charge in [-0.15, -0.1) is 0 Å². The zero-order chi connectivity index (χ0) is 20.7. The average molecular weight is 476 g/mol. The topological polar surface area (TPSA) is 53.8 Å². The molecule has 0 saturated carbocycles. The normalized spacial score (nSPS) is 16.1. The van der Waals surface area contributed by atoms with Gasteiger partial charge in [0.1, 0.15) is 5.58 Å². The molecule has 0 spiro atoms. The van der Waals surface area contributed by atoms with Crippen molar-refractivity contribution in [3.63, 3.8) is 0 Å². The smallest absolute Gasteiger partial charge is 0.290 e. The van der Waals surface area contributed by atoms with Crippen LogP contribution in [-0.4, -0.2) is 42.9 Å². The highest BCUT2D eigenvalue weighted by Gasteiger charge is 2.42. The van der Waals surface area contributed by atoms with Crippen molar-refractivity contribution in [1.82, 2.24) is 9.80 Å². The second kappa shape index (κ2) is 7.94. The van der Waals surface area contributed by atoms with E-state index in [1.54, 1.807) is 35.2 Å². The minimum Gasteiger partial charge on any atom is -0.450 e. The molecule has 2 aromatic carbocycles. The van der Waals surface area contributed by atoms with Crippen molar-refractivity contribution in [2.75, 3.05) is 27.2 Å². The van der Waals surface area contributed by atoms with Crippen molar-refractivity contribution in [3.8, 4) is 0 Å². The molecule has 0 radical (unpaired) electrons. The predicted molar refractivity (Wildman–Crippen MR) is 118 cm³/mol. The molecule has 7 heteroatoms. The van der Waals surface area contributed by atoms with Crippen molar-refractivity contribution in [2.45, 2.75) is 12.5 Å². The lowest BCUT2D eigenvalue weighted by atomic mass is 9.98. The Kier molecular flexibility index (Phi) is 5.51. The molecule has 150 valence electrons. The summed E-state index contributed by atoms with van der Waals surface area (Å²) in [7, 11) is 3.98. The maximum absolute atomic E-state index is 13.4. The average Bonchev–Trinajstić information content (AvgIpc) is 2.95. The Labute approximate surface area is 182 Å².